The van der Waals surface area contributed by atoms with Gasteiger partial charge in [0.1, 0.15) is 0 Å². The SMILES string of the molecule is CC(C)(C)c1cc(C(=O)N/N=C/c2ccc3c(c2)OCO3)n[nH]1. The van der Waals surface area contributed by atoms with Gasteiger partial charge in [0, 0.05) is 11.1 Å². The first-order chi connectivity index (χ1) is 10.9. The summed E-state index contributed by atoms with van der Waals surface area (Å²) in [5.74, 6) is 1.01. The van der Waals surface area contributed by atoms with Crippen LogP contribution >= 0.6 is 0 Å². The molecule has 7 nitrogen and oxygen atoms in total. The van der Waals surface area contributed by atoms with Gasteiger partial charge in [-0.25, -0.2) is 5.43 Å². The van der Waals surface area contributed by atoms with Crippen molar-refractivity contribution in [3.05, 3.63) is 41.2 Å². The number of aromatic nitrogens is 2. The average molecular weight is 314 g/mol. The molecular formula is C16H18N4O3. The normalized spacial score (nSPS) is 13.5. The first-order valence-corrected chi connectivity index (χ1v) is 7.22. The van der Waals surface area contributed by atoms with E-state index in [0.29, 0.717) is 17.2 Å². The molecule has 120 valence electrons. The third kappa shape index (κ3) is 3.33. The number of nitrogens with one attached hydrogen (secondary N) is 2. The largest absolute Gasteiger partial charge is 0.454 e. The third-order valence-electron chi connectivity index (χ3n) is 3.39. The highest BCUT2D eigenvalue weighted by Crippen LogP contribution is 2.31. The molecule has 0 unspecified atom stereocenters. The van der Waals surface area contributed by atoms with Crippen molar-refractivity contribution in [2.45, 2.75) is 26.2 Å². The van der Waals surface area contributed by atoms with Crippen molar-refractivity contribution >= 4 is 12.1 Å². The first-order valence-electron chi connectivity index (χ1n) is 7.22. The van der Waals surface area contributed by atoms with E-state index in [1.807, 2.05) is 26.8 Å². The highest BCUT2D eigenvalue weighted by molar-refractivity contribution is 5.93. The van der Waals surface area contributed by atoms with E-state index < -0.39 is 0 Å². The lowest BCUT2D eigenvalue weighted by atomic mass is 9.92. The van der Waals surface area contributed by atoms with Crippen LogP contribution in [0.5, 0.6) is 11.5 Å². The molecular weight excluding hydrogens is 296 g/mol. The first kappa shape index (κ1) is 15.1. The lowest BCUT2D eigenvalue weighted by Crippen LogP contribution is -2.18. The molecule has 2 aromatic rings. The Morgan fingerprint density at radius 2 is 2.09 bits per heavy atom. The number of carbonyl (C=O) groups excluding carboxylic acids is 1. The van der Waals surface area contributed by atoms with Gasteiger partial charge in [-0.1, -0.05) is 20.8 Å². The summed E-state index contributed by atoms with van der Waals surface area (Å²) in [5, 5.41) is 10.8. The maximum absolute atomic E-state index is 12.0. The lowest BCUT2D eigenvalue weighted by Gasteiger charge is -2.14. The molecule has 1 aromatic heterocycles. The number of hydrogen-bond donors (Lipinski definition) is 2. The summed E-state index contributed by atoms with van der Waals surface area (Å²) in [6.45, 7) is 6.35. The number of hydrazone groups is 1. The maximum Gasteiger partial charge on any atom is 0.291 e. The van der Waals surface area contributed by atoms with Gasteiger partial charge in [-0.05, 0) is 29.8 Å². The van der Waals surface area contributed by atoms with Crippen LogP contribution in [0.15, 0.2) is 29.4 Å². The Bertz CT molecular complexity index is 759. The Morgan fingerprint density at radius 3 is 2.83 bits per heavy atom. The number of carbonyl (C=O) groups is 1. The number of nitrogens with zero attached hydrogens (tertiary/aromatic N) is 2. The van der Waals surface area contributed by atoms with Gasteiger partial charge in [0.05, 0.1) is 6.21 Å². The average Bonchev–Trinajstić information content (AvgIpc) is 3.15. The second-order valence-corrected chi connectivity index (χ2v) is 6.23. The maximum atomic E-state index is 12.0. The van der Waals surface area contributed by atoms with Crippen LogP contribution < -0.4 is 14.9 Å². The fraction of sp³-hybridized carbons (Fsp3) is 0.312. The highest BCUT2D eigenvalue weighted by Gasteiger charge is 2.19. The van der Waals surface area contributed by atoms with Crippen LogP contribution in [0.1, 0.15) is 42.5 Å². The summed E-state index contributed by atoms with van der Waals surface area (Å²) >= 11 is 0. The summed E-state index contributed by atoms with van der Waals surface area (Å²) in [6, 6.07) is 7.15. The Morgan fingerprint density at radius 1 is 1.30 bits per heavy atom. The van der Waals surface area contributed by atoms with Crippen LogP contribution in [-0.2, 0) is 5.41 Å². The van der Waals surface area contributed by atoms with Gasteiger partial charge in [0.2, 0.25) is 6.79 Å². The van der Waals surface area contributed by atoms with Gasteiger partial charge in [-0.15, -0.1) is 0 Å². The standard InChI is InChI=1S/C16H18N4O3/c1-16(2,3)14-7-11(18-19-14)15(21)20-17-8-10-4-5-12-13(6-10)23-9-22-12/h4-8H,9H2,1-3H3,(H,18,19)(H,20,21)/b17-8+. The molecule has 0 saturated heterocycles. The molecule has 23 heavy (non-hydrogen) atoms. The van der Waals surface area contributed by atoms with Crippen LogP contribution in [0.2, 0.25) is 0 Å². The predicted molar refractivity (Wildman–Crippen MR) is 84.9 cm³/mol. The summed E-state index contributed by atoms with van der Waals surface area (Å²) in [5.41, 5.74) is 4.35. The van der Waals surface area contributed by atoms with Crippen LogP contribution in [0, 0.1) is 0 Å². The predicted octanol–water partition coefficient (Wildman–Crippen LogP) is 2.20. The van der Waals surface area contributed by atoms with Gasteiger partial charge in [0.15, 0.2) is 17.2 Å². The fourth-order valence-corrected chi connectivity index (χ4v) is 2.04. The number of fused-ring (bicyclic) bond motifs is 1. The highest BCUT2D eigenvalue weighted by atomic mass is 16.7. The molecule has 1 amide bonds. The Kier molecular flexibility index (Phi) is 3.77. The van der Waals surface area contributed by atoms with E-state index in [1.54, 1.807) is 18.2 Å². The molecule has 2 heterocycles. The quantitative estimate of drug-likeness (QED) is 0.671. The van der Waals surface area contributed by atoms with Crippen molar-refractivity contribution in [2.75, 3.05) is 6.79 Å². The molecule has 0 atom stereocenters. The molecule has 7 heteroatoms. The van der Waals surface area contributed by atoms with E-state index in [1.165, 1.54) is 6.21 Å². The number of hydrogen-bond acceptors (Lipinski definition) is 5. The second kappa shape index (κ2) is 5.75. The molecule has 2 N–H and O–H groups in total. The molecule has 0 saturated carbocycles. The molecule has 3 rings (SSSR count). The van der Waals surface area contributed by atoms with E-state index >= 15 is 0 Å². The second-order valence-electron chi connectivity index (χ2n) is 6.23. The Balaban J connectivity index is 1.63. The molecule has 1 aliphatic rings. The number of aromatic amines is 1. The zero-order valence-corrected chi connectivity index (χ0v) is 13.2. The number of benzene rings is 1. The van der Waals surface area contributed by atoms with Gasteiger partial charge >= 0.3 is 0 Å². The van der Waals surface area contributed by atoms with Crippen molar-refractivity contribution in [3.63, 3.8) is 0 Å². The summed E-state index contributed by atoms with van der Waals surface area (Å²) in [7, 11) is 0. The van der Waals surface area contributed by atoms with Gasteiger partial charge in [-0.3, -0.25) is 9.89 Å². The van der Waals surface area contributed by atoms with Gasteiger partial charge < -0.3 is 9.47 Å². The molecule has 1 aromatic carbocycles. The van der Waals surface area contributed by atoms with Crippen molar-refractivity contribution < 1.29 is 14.3 Å². The van der Waals surface area contributed by atoms with Crippen LogP contribution in [0.3, 0.4) is 0 Å². The summed E-state index contributed by atoms with van der Waals surface area (Å²) in [6.07, 6.45) is 1.54. The van der Waals surface area contributed by atoms with Gasteiger partial charge in [-0.2, -0.15) is 10.2 Å². The lowest BCUT2D eigenvalue weighted by molar-refractivity contribution is 0.0950. The smallest absolute Gasteiger partial charge is 0.291 e. The van der Waals surface area contributed by atoms with E-state index in [4.69, 9.17) is 9.47 Å². The Labute approximate surface area is 133 Å². The fourth-order valence-electron chi connectivity index (χ4n) is 2.04. The number of H-pyrrole nitrogens is 1. The minimum atomic E-state index is -0.367. The van der Waals surface area contributed by atoms with Crippen molar-refractivity contribution in [2.24, 2.45) is 5.10 Å². The van der Waals surface area contributed by atoms with E-state index in [9.17, 15) is 4.79 Å². The molecule has 0 radical (unpaired) electrons. The molecule has 1 aliphatic heterocycles. The van der Waals surface area contributed by atoms with Crippen LogP contribution in [0.4, 0.5) is 0 Å². The number of ether oxygens (including phenoxy) is 2. The monoisotopic (exact) mass is 314 g/mol. The van der Waals surface area contributed by atoms with E-state index in [0.717, 1.165) is 11.3 Å². The van der Waals surface area contributed by atoms with Crippen molar-refractivity contribution in [3.8, 4) is 11.5 Å². The van der Waals surface area contributed by atoms with E-state index in [-0.39, 0.29) is 18.1 Å². The van der Waals surface area contributed by atoms with Crippen LogP contribution in [0.25, 0.3) is 0 Å². The van der Waals surface area contributed by atoms with Gasteiger partial charge in [0.25, 0.3) is 5.91 Å². The molecule has 0 spiro atoms. The van der Waals surface area contributed by atoms with Crippen LogP contribution in [-0.4, -0.2) is 29.1 Å². The minimum Gasteiger partial charge on any atom is -0.454 e. The molecule has 0 aliphatic carbocycles. The van der Waals surface area contributed by atoms with E-state index in [2.05, 4.69) is 20.7 Å². The third-order valence-corrected chi connectivity index (χ3v) is 3.39. The zero-order valence-electron chi connectivity index (χ0n) is 13.2. The van der Waals surface area contributed by atoms with Crippen molar-refractivity contribution in [1.82, 2.24) is 15.6 Å². The number of rotatable bonds is 3. The summed E-state index contributed by atoms with van der Waals surface area (Å²) in [4.78, 5) is 12.0. The minimum absolute atomic E-state index is 0.0959. The van der Waals surface area contributed by atoms with Crippen molar-refractivity contribution in [1.29, 1.82) is 0 Å². The number of amides is 1. The molecule has 0 fully saturated rings. The Hall–Kier alpha value is -2.83. The summed E-state index contributed by atoms with van der Waals surface area (Å²) < 4.78 is 10.5. The molecule has 0 bridgehead atoms. The zero-order chi connectivity index (χ0) is 16.4. The topological polar surface area (TPSA) is 88.6 Å².